The number of aromatic nitrogens is 3. The minimum absolute atomic E-state index is 0.146. The van der Waals surface area contributed by atoms with Crippen LogP contribution in [0, 0.1) is 22.2 Å². The first-order valence-corrected chi connectivity index (χ1v) is 10.3. The van der Waals surface area contributed by atoms with Crippen molar-refractivity contribution >= 4 is 5.91 Å². The van der Waals surface area contributed by atoms with Gasteiger partial charge in [-0.05, 0) is 12.1 Å². The van der Waals surface area contributed by atoms with E-state index in [4.69, 9.17) is 9.47 Å². The Morgan fingerprint density at radius 1 is 1.19 bits per heavy atom. The lowest BCUT2D eigenvalue weighted by atomic mass is 9.49. The van der Waals surface area contributed by atoms with Gasteiger partial charge in [0.05, 0.1) is 18.9 Å². The normalized spacial score (nSPS) is 21.0. The number of carbonyl (C=O) groups is 1. The molecule has 0 bridgehead atoms. The Hall–Kier alpha value is -3.21. The summed E-state index contributed by atoms with van der Waals surface area (Å²) in [6.45, 7) is 12.2. The summed E-state index contributed by atoms with van der Waals surface area (Å²) in [4.78, 5) is 17.0. The Kier molecular flexibility index (Phi) is 5.90. The van der Waals surface area contributed by atoms with E-state index in [0.717, 1.165) is 0 Å². The Morgan fingerprint density at radius 2 is 1.87 bits per heavy atom. The number of amides is 1. The lowest BCUT2D eigenvalue weighted by Crippen LogP contribution is -2.74. The topological polar surface area (TPSA) is 110 Å². The lowest BCUT2D eigenvalue weighted by Gasteiger charge is -2.63. The summed E-state index contributed by atoms with van der Waals surface area (Å²) in [5.74, 6) is 1.53. The molecule has 1 aromatic heterocycles. The maximum Gasteiger partial charge on any atom is 0.273 e. The van der Waals surface area contributed by atoms with Crippen LogP contribution in [0.5, 0.6) is 11.5 Å². The number of ether oxygens (including phenoxy) is 2. The van der Waals surface area contributed by atoms with E-state index in [-0.39, 0.29) is 40.5 Å². The molecular formula is C23H29N5O3. The Balaban J connectivity index is 1.75. The van der Waals surface area contributed by atoms with Gasteiger partial charge >= 0.3 is 0 Å². The highest BCUT2D eigenvalue weighted by Gasteiger charge is 2.64. The van der Waals surface area contributed by atoms with Gasteiger partial charge in [0.1, 0.15) is 23.7 Å². The van der Waals surface area contributed by atoms with E-state index >= 15 is 0 Å². The van der Waals surface area contributed by atoms with Crippen LogP contribution in [0.3, 0.4) is 0 Å². The number of carbonyl (C=O) groups excluding carboxylic acids is 1. The second kappa shape index (κ2) is 8.14. The van der Waals surface area contributed by atoms with Crippen LogP contribution in [0.15, 0.2) is 24.4 Å². The summed E-state index contributed by atoms with van der Waals surface area (Å²) >= 11 is 0. The molecule has 2 aromatic rings. The van der Waals surface area contributed by atoms with Gasteiger partial charge < -0.3 is 14.8 Å². The summed E-state index contributed by atoms with van der Waals surface area (Å²) in [6, 6.07) is 7.10. The zero-order chi connectivity index (χ0) is 23.0. The van der Waals surface area contributed by atoms with E-state index in [0.29, 0.717) is 22.9 Å². The van der Waals surface area contributed by atoms with Crippen molar-refractivity contribution in [3.63, 3.8) is 0 Å². The van der Waals surface area contributed by atoms with E-state index in [9.17, 15) is 10.1 Å². The van der Waals surface area contributed by atoms with Gasteiger partial charge in [-0.1, -0.05) is 41.5 Å². The van der Waals surface area contributed by atoms with Crippen molar-refractivity contribution in [2.45, 2.75) is 59.6 Å². The lowest BCUT2D eigenvalue weighted by molar-refractivity contribution is -0.164. The van der Waals surface area contributed by atoms with Gasteiger partial charge in [-0.2, -0.15) is 5.26 Å². The second-order valence-electron chi connectivity index (χ2n) is 9.38. The van der Waals surface area contributed by atoms with Crippen LogP contribution in [-0.4, -0.2) is 40.3 Å². The molecule has 0 unspecified atom stereocenters. The number of nitriles is 1. The molecule has 1 saturated carbocycles. The van der Waals surface area contributed by atoms with Crippen LogP contribution in [-0.2, 0) is 0 Å². The minimum Gasteiger partial charge on any atom is -0.495 e. The third kappa shape index (κ3) is 4.05. The number of rotatable bonds is 6. The SMILES string of the molecule is COc1cc(OC2C(C)(C)C(NC(=O)c3cnc(C(C)C)nn3)C2(C)C)ccc1C#N. The number of hydrogen-bond donors (Lipinski definition) is 1. The van der Waals surface area contributed by atoms with E-state index in [2.05, 4.69) is 54.3 Å². The van der Waals surface area contributed by atoms with Gasteiger partial charge in [0.15, 0.2) is 11.5 Å². The quantitative estimate of drug-likeness (QED) is 0.757. The van der Waals surface area contributed by atoms with Gasteiger partial charge in [-0.15, -0.1) is 10.2 Å². The molecule has 0 saturated heterocycles. The third-order valence-electron chi connectivity index (χ3n) is 5.99. The zero-order valence-electron chi connectivity index (χ0n) is 19.1. The summed E-state index contributed by atoms with van der Waals surface area (Å²) < 4.78 is 11.6. The fourth-order valence-electron chi connectivity index (χ4n) is 4.63. The molecule has 1 aromatic carbocycles. The van der Waals surface area contributed by atoms with E-state index < -0.39 is 0 Å². The van der Waals surface area contributed by atoms with Crippen LogP contribution in [0.25, 0.3) is 0 Å². The number of hydrogen-bond acceptors (Lipinski definition) is 7. The number of nitrogens with zero attached hydrogens (tertiary/aromatic N) is 4. The van der Waals surface area contributed by atoms with Crippen molar-refractivity contribution in [3.05, 3.63) is 41.5 Å². The molecular weight excluding hydrogens is 394 g/mol. The predicted octanol–water partition coefficient (Wildman–Crippen LogP) is 3.49. The molecule has 31 heavy (non-hydrogen) atoms. The standard InChI is InChI=1S/C23H29N5O3/c1-13(2)18-25-12-16(27-28-18)19(29)26-20-22(3,4)21(23(20,5)6)31-15-9-8-14(11-24)17(10-15)30-7/h8-10,12-13,20-21H,1-7H3,(H,26,29). The first kappa shape index (κ1) is 22.5. The van der Waals surface area contributed by atoms with Crippen LogP contribution in [0.4, 0.5) is 0 Å². The second-order valence-corrected chi connectivity index (χ2v) is 9.38. The van der Waals surface area contributed by atoms with Gasteiger partial charge in [0.2, 0.25) is 0 Å². The highest BCUT2D eigenvalue weighted by molar-refractivity contribution is 5.92. The minimum atomic E-state index is -0.348. The van der Waals surface area contributed by atoms with E-state index in [1.54, 1.807) is 18.2 Å². The van der Waals surface area contributed by atoms with Gasteiger partial charge in [0.25, 0.3) is 5.91 Å². The molecule has 0 atom stereocenters. The first-order chi connectivity index (χ1) is 14.5. The average Bonchev–Trinajstić information content (AvgIpc) is 2.74. The number of benzene rings is 1. The number of nitrogens with one attached hydrogen (secondary N) is 1. The van der Waals surface area contributed by atoms with Crippen LogP contribution in [0.1, 0.15) is 69.3 Å². The molecule has 8 heteroatoms. The monoisotopic (exact) mass is 423 g/mol. The van der Waals surface area contributed by atoms with Crippen molar-refractivity contribution < 1.29 is 14.3 Å². The number of methoxy groups -OCH3 is 1. The zero-order valence-corrected chi connectivity index (χ0v) is 19.1. The molecule has 1 amide bonds. The van der Waals surface area contributed by atoms with Gasteiger partial charge in [-0.3, -0.25) is 4.79 Å². The van der Waals surface area contributed by atoms with Crippen LogP contribution in [0.2, 0.25) is 0 Å². The van der Waals surface area contributed by atoms with Crippen molar-refractivity contribution in [2.75, 3.05) is 7.11 Å². The van der Waals surface area contributed by atoms with Crippen LogP contribution < -0.4 is 14.8 Å². The molecule has 164 valence electrons. The summed E-state index contributed by atoms with van der Waals surface area (Å²) in [7, 11) is 1.52. The van der Waals surface area contributed by atoms with Crippen molar-refractivity contribution in [1.29, 1.82) is 5.26 Å². The Labute approximate surface area is 183 Å². The maximum atomic E-state index is 12.8. The largest absolute Gasteiger partial charge is 0.495 e. The van der Waals surface area contributed by atoms with Gasteiger partial charge in [-0.25, -0.2) is 4.98 Å². The Bertz CT molecular complexity index is 993. The highest BCUT2D eigenvalue weighted by atomic mass is 16.5. The molecule has 1 aliphatic carbocycles. The highest BCUT2D eigenvalue weighted by Crippen LogP contribution is 2.55. The molecule has 1 N–H and O–H groups in total. The molecule has 0 aliphatic heterocycles. The summed E-state index contributed by atoms with van der Waals surface area (Å²) in [6.07, 6.45) is 1.29. The average molecular weight is 424 g/mol. The molecule has 1 aliphatic rings. The van der Waals surface area contributed by atoms with Crippen molar-refractivity contribution in [3.8, 4) is 17.6 Å². The molecule has 1 heterocycles. The third-order valence-corrected chi connectivity index (χ3v) is 5.99. The molecule has 0 spiro atoms. The smallest absolute Gasteiger partial charge is 0.273 e. The molecule has 8 nitrogen and oxygen atoms in total. The van der Waals surface area contributed by atoms with Crippen molar-refractivity contribution in [2.24, 2.45) is 10.8 Å². The molecule has 0 radical (unpaired) electrons. The first-order valence-electron chi connectivity index (χ1n) is 10.3. The van der Waals surface area contributed by atoms with Gasteiger partial charge in [0, 0.05) is 28.9 Å². The van der Waals surface area contributed by atoms with E-state index in [1.807, 2.05) is 13.8 Å². The fourth-order valence-corrected chi connectivity index (χ4v) is 4.63. The van der Waals surface area contributed by atoms with E-state index in [1.165, 1.54) is 13.3 Å². The predicted molar refractivity (Wildman–Crippen MR) is 115 cm³/mol. The van der Waals surface area contributed by atoms with Crippen molar-refractivity contribution in [1.82, 2.24) is 20.5 Å². The molecule has 1 fully saturated rings. The maximum absolute atomic E-state index is 12.8. The molecule has 3 rings (SSSR count). The summed E-state index contributed by atoms with van der Waals surface area (Å²) in [5, 5.41) is 20.3. The summed E-state index contributed by atoms with van der Waals surface area (Å²) in [5.41, 5.74) is -0.0552. The fraction of sp³-hybridized carbons (Fsp3) is 0.522. The Morgan fingerprint density at radius 3 is 2.39 bits per heavy atom. The van der Waals surface area contributed by atoms with Crippen LogP contribution >= 0.6 is 0 Å².